The lowest BCUT2D eigenvalue weighted by Crippen LogP contribution is -1.66. The Morgan fingerprint density at radius 2 is 1.12 bits per heavy atom. The van der Waals surface area contributed by atoms with Gasteiger partial charge >= 0.3 is 0 Å². The van der Waals surface area contributed by atoms with Crippen molar-refractivity contribution in [3.63, 3.8) is 0 Å². The molecule has 0 saturated heterocycles. The fraction of sp³-hybridized carbons (Fsp3) is 0.750. The lowest BCUT2D eigenvalue weighted by molar-refractivity contribution is 0.702. The molecule has 0 amide bonds. The summed E-state index contributed by atoms with van der Waals surface area (Å²) in [4.78, 5) is 0. The lowest BCUT2D eigenvalue weighted by Gasteiger charge is -1.86. The molecule has 0 unspecified atom stereocenters. The topological polar surface area (TPSA) is 0 Å². The second-order valence-electron chi connectivity index (χ2n) is 1.71. The van der Waals surface area contributed by atoms with E-state index < -0.39 is 0 Å². The van der Waals surface area contributed by atoms with Gasteiger partial charge in [0.15, 0.2) is 0 Å². The maximum atomic E-state index is 4.00. The highest BCUT2D eigenvalue weighted by atomic mass is 13.8. The second kappa shape index (κ2) is 16.0. The summed E-state index contributed by atoms with van der Waals surface area (Å²) in [6, 6.07) is 0. The monoisotopic (exact) mass is 112 g/mol. The van der Waals surface area contributed by atoms with Crippen LogP contribution in [0.5, 0.6) is 0 Å². The molecule has 0 saturated carbocycles. The average molecular weight is 112 g/mol. The first-order chi connectivity index (χ1) is 3.91. The van der Waals surface area contributed by atoms with E-state index in [0.29, 0.717) is 0 Å². The third-order valence-corrected chi connectivity index (χ3v) is 0.957. The molecular formula is C8H16. The third-order valence-electron chi connectivity index (χ3n) is 0.957. The smallest absolute Gasteiger partial charge is 0.0536 e. The van der Waals surface area contributed by atoms with Crippen LogP contribution in [-0.2, 0) is 0 Å². The van der Waals surface area contributed by atoms with Gasteiger partial charge in [-0.3, -0.25) is 0 Å². The van der Waals surface area contributed by atoms with E-state index in [1.807, 2.05) is 0 Å². The predicted octanol–water partition coefficient (Wildman–Crippen LogP) is 2.84. The van der Waals surface area contributed by atoms with Gasteiger partial charge in [-0.15, -0.1) is 12.8 Å². The Labute approximate surface area is 53.3 Å². The van der Waals surface area contributed by atoms with Gasteiger partial charge in [-0.05, 0) is 0 Å². The summed E-state index contributed by atoms with van der Waals surface area (Å²) in [5.74, 6) is 0. The van der Waals surface area contributed by atoms with Gasteiger partial charge in [-0.2, -0.15) is 0 Å². The molecule has 0 N–H and O–H groups in total. The maximum absolute atomic E-state index is 4.00. The molecule has 0 aliphatic heterocycles. The van der Waals surface area contributed by atoms with Crippen LogP contribution < -0.4 is 0 Å². The molecule has 0 aromatic rings. The highest BCUT2D eigenvalue weighted by Crippen LogP contribution is 1.95. The normalized spacial score (nSPS) is 7.00. The quantitative estimate of drug-likeness (QED) is 0.389. The molecular weight excluding hydrogens is 96.1 g/mol. The summed E-state index contributed by atoms with van der Waals surface area (Å²) in [6.45, 7) is 4.46. The van der Waals surface area contributed by atoms with Crippen molar-refractivity contribution in [2.45, 2.75) is 39.5 Å². The Balaban J connectivity index is 0. The summed E-state index contributed by atoms with van der Waals surface area (Å²) in [5.41, 5.74) is 0. The zero-order valence-electron chi connectivity index (χ0n) is 5.98. The van der Waals surface area contributed by atoms with E-state index in [1.165, 1.54) is 25.7 Å². The van der Waals surface area contributed by atoms with Crippen LogP contribution >= 0.6 is 0 Å². The molecule has 0 nitrogen and oxygen atoms in total. The van der Waals surface area contributed by atoms with Crippen LogP contribution in [0.2, 0.25) is 0 Å². The molecule has 0 aromatic carbocycles. The van der Waals surface area contributed by atoms with Crippen LogP contribution in [-0.4, -0.2) is 0 Å². The third kappa shape index (κ3) is 17.6. The van der Waals surface area contributed by atoms with Crippen molar-refractivity contribution < 1.29 is 0 Å². The molecule has 0 heteroatoms. The van der Waals surface area contributed by atoms with Gasteiger partial charge in [0.2, 0.25) is 0 Å². The minimum Gasteiger partial charge on any atom is -0.124 e. The first-order valence-electron chi connectivity index (χ1n) is 3.25. The minimum absolute atomic E-state index is 1.36. The summed E-state index contributed by atoms with van der Waals surface area (Å²) < 4.78 is 0. The van der Waals surface area contributed by atoms with E-state index >= 15 is 0 Å². The Bertz CT molecular complexity index is 30.5. The predicted molar refractivity (Wildman–Crippen MR) is 39.7 cm³/mol. The molecule has 0 aliphatic carbocycles. The second-order valence-corrected chi connectivity index (χ2v) is 1.71. The Morgan fingerprint density at radius 3 is 1.25 bits per heavy atom. The van der Waals surface area contributed by atoms with Crippen molar-refractivity contribution in [3.05, 3.63) is 0 Å². The van der Waals surface area contributed by atoms with Crippen LogP contribution in [0.3, 0.4) is 0 Å². The van der Waals surface area contributed by atoms with Gasteiger partial charge in [-0.25, -0.2) is 0 Å². The number of terminal acetylenes is 1. The average Bonchev–Trinajstić information content (AvgIpc) is 1.88. The lowest BCUT2D eigenvalue weighted by atomic mass is 10.2. The van der Waals surface area contributed by atoms with Crippen molar-refractivity contribution >= 4 is 0 Å². The molecule has 0 aromatic heterocycles. The van der Waals surface area contributed by atoms with Crippen LogP contribution in [0.1, 0.15) is 39.5 Å². The number of hydrogen-bond acceptors (Lipinski definition) is 0. The molecule has 0 bridgehead atoms. The standard InChI is InChI=1S/C6H14.C2H2/c1-3-5-6-4-2;1-2/h3-6H2,1-2H3;1-2H. The zero-order chi connectivity index (χ0) is 6.83. The molecule has 0 aliphatic rings. The SMILES string of the molecule is C#C.CCCCCC. The van der Waals surface area contributed by atoms with Crippen LogP contribution in [0.4, 0.5) is 0 Å². The van der Waals surface area contributed by atoms with E-state index in [2.05, 4.69) is 26.7 Å². The van der Waals surface area contributed by atoms with Crippen LogP contribution in [0.25, 0.3) is 0 Å². The minimum atomic E-state index is 1.36. The number of rotatable bonds is 3. The molecule has 0 spiro atoms. The summed E-state index contributed by atoms with van der Waals surface area (Å²) in [7, 11) is 0. The highest BCUT2D eigenvalue weighted by molar-refractivity contribution is 4.47. The molecule has 0 heterocycles. The first kappa shape index (κ1) is 10.5. The summed E-state index contributed by atoms with van der Waals surface area (Å²) in [5, 5.41) is 0. The van der Waals surface area contributed by atoms with Gasteiger partial charge in [0.25, 0.3) is 0 Å². The highest BCUT2D eigenvalue weighted by Gasteiger charge is 1.75. The van der Waals surface area contributed by atoms with Gasteiger partial charge in [0.1, 0.15) is 0 Å². The molecule has 0 fully saturated rings. The van der Waals surface area contributed by atoms with Crippen LogP contribution in [0, 0.1) is 12.8 Å². The fourth-order valence-corrected chi connectivity index (χ4v) is 0.500. The van der Waals surface area contributed by atoms with Crippen molar-refractivity contribution in [2.75, 3.05) is 0 Å². The van der Waals surface area contributed by atoms with Gasteiger partial charge in [-0.1, -0.05) is 39.5 Å². The molecule has 0 rings (SSSR count). The van der Waals surface area contributed by atoms with Gasteiger partial charge < -0.3 is 0 Å². The van der Waals surface area contributed by atoms with E-state index in [-0.39, 0.29) is 0 Å². The van der Waals surface area contributed by atoms with E-state index in [0.717, 1.165) is 0 Å². The van der Waals surface area contributed by atoms with Gasteiger partial charge in [0.05, 0.1) is 0 Å². The van der Waals surface area contributed by atoms with Crippen molar-refractivity contribution in [3.8, 4) is 12.8 Å². The molecule has 0 radical (unpaired) electrons. The number of hydrogen-bond donors (Lipinski definition) is 0. The fourth-order valence-electron chi connectivity index (χ4n) is 0.500. The van der Waals surface area contributed by atoms with Crippen LogP contribution in [0.15, 0.2) is 0 Å². The zero-order valence-corrected chi connectivity index (χ0v) is 5.98. The summed E-state index contributed by atoms with van der Waals surface area (Å²) >= 11 is 0. The largest absolute Gasteiger partial charge is 0.124 e. The number of unbranched alkanes of at least 4 members (excludes halogenated alkanes) is 3. The Hall–Kier alpha value is -0.440. The van der Waals surface area contributed by atoms with Crippen molar-refractivity contribution in [2.24, 2.45) is 0 Å². The van der Waals surface area contributed by atoms with E-state index in [1.54, 1.807) is 0 Å². The molecule has 8 heavy (non-hydrogen) atoms. The Kier molecular flexibility index (Phi) is 21.0. The first-order valence-corrected chi connectivity index (χ1v) is 3.25. The van der Waals surface area contributed by atoms with E-state index in [4.69, 9.17) is 0 Å². The van der Waals surface area contributed by atoms with Crippen molar-refractivity contribution in [1.29, 1.82) is 0 Å². The van der Waals surface area contributed by atoms with E-state index in [9.17, 15) is 0 Å². The summed E-state index contributed by atoms with van der Waals surface area (Å²) in [6.07, 6.45) is 13.5. The van der Waals surface area contributed by atoms with Crippen molar-refractivity contribution in [1.82, 2.24) is 0 Å². The molecule has 0 atom stereocenters. The molecule has 48 valence electrons. The maximum Gasteiger partial charge on any atom is -0.0536 e. The van der Waals surface area contributed by atoms with Gasteiger partial charge in [0, 0.05) is 0 Å². The Morgan fingerprint density at radius 1 is 0.875 bits per heavy atom.